The molecule has 1 fully saturated rings. The molecule has 1 heterocycles. The Hall–Kier alpha value is -2.75. The highest BCUT2D eigenvalue weighted by Crippen LogP contribution is 2.44. The first kappa shape index (κ1) is 33.6. The predicted octanol–water partition coefficient (Wildman–Crippen LogP) is 8.42. The van der Waals surface area contributed by atoms with E-state index in [1.54, 1.807) is 18.9 Å². The third kappa shape index (κ3) is 8.35. The van der Waals surface area contributed by atoms with E-state index in [0.29, 0.717) is 5.75 Å². The minimum atomic E-state index is -2.03. The molecule has 0 bridgehead atoms. The first-order valence-electron chi connectivity index (χ1n) is 14.5. The van der Waals surface area contributed by atoms with Gasteiger partial charge in [0.25, 0.3) is 9.70 Å². The van der Waals surface area contributed by atoms with E-state index in [1.165, 1.54) is 0 Å². The Morgan fingerprint density at radius 2 is 1.58 bits per heavy atom. The molecule has 4 aromatic carbocycles. The normalized spacial score (nSPS) is 20.0. The zero-order valence-electron chi connectivity index (χ0n) is 24.8. The molecular weight excluding hydrogens is 653 g/mol. The number of ether oxygens (including phenoxy) is 3. The smallest absolute Gasteiger partial charge is 0.272 e. The van der Waals surface area contributed by atoms with Gasteiger partial charge in [0.2, 0.25) is 0 Å². The van der Waals surface area contributed by atoms with Gasteiger partial charge in [-0.05, 0) is 39.9 Å². The molecule has 236 valence electrons. The summed E-state index contributed by atoms with van der Waals surface area (Å²) in [6.45, 7) is 2.34. The van der Waals surface area contributed by atoms with Crippen LogP contribution in [0.2, 0.25) is 0 Å². The molecule has 0 aromatic heterocycles. The Balaban J connectivity index is 1.38. The second kappa shape index (κ2) is 15.2. The van der Waals surface area contributed by atoms with Gasteiger partial charge in [0, 0.05) is 28.7 Å². The first-order valence-corrected chi connectivity index (χ1v) is 16.6. The molecule has 0 spiro atoms. The lowest BCUT2D eigenvalue weighted by Gasteiger charge is -2.41. The van der Waals surface area contributed by atoms with Crippen molar-refractivity contribution in [2.24, 2.45) is 5.92 Å². The Kier molecular flexibility index (Phi) is 11.4. The average molecular weight is 687 g/mol. The van der Waals surface area contributed by atoms with Crippen LogP contribution in [0.25, 0.3) is 11.1 Å². The van der Waals surface area contributed by atoms with Gasteiger partial charge in [0.05, 0.1) is 25.9 Å². The summed E-state index contributed by atoms with van der Waals surface area (Å²) in [5, 5.41) is 12.2. The van der Waals surface area contributed by atoms with Crippen molar-refractivity contribution < 1.29 is 24.1 Å². The predicted molar refractivity (Wildman–Crippen MR) is 181 cm³/mol. The quantitative estimate of drug-likeness (QED) is 0.129. The van der Waals surface area contributed by atoms with E-state index < -0.39 is 16.0 Å². The number of hydrogen-bond donors (Lipinski definition) is 2. The minimum absolute atomic E-state index is 0.0139. The lowest BCUT2D eigenvalue weighted by Crippen LogP contribution is -2.38. The Labute approximate surface area is 282 Å². The standard InChI is InChI=1S/C35H34Cl3NO5S/c1-22-30(21-45-31-10-6-5-9-29(31)42-2)43-33(44-32(22)25-13-11-23(20-40)12-14-25)26-17-15-24(16-18-26)28-8-4-3-7-27(28)19-39-34(41)35(36,37)38/h3-18,22,30,32-33,40H,19-21H2,1-2H3,(H,39,41)/t22-,30+,32+,33+/m0/s1. The summed E-state index contributed by atoms with van der Waals surface area (Å²) in [4.78, 5) is 13.2. The number of carbonyl (C=O) groups excluding carboxylic acids is 1. The average Bonchev–Trinajstić information content (AvgIpc) is 3.06. The van der Waals surface area contributed by atoms with Crippen LogP contribution in [0, 0.1) is 5.92 Å². The summed E-state index contributed by atoms with van der Waals surface area (Å²) < 4.78 is 16.8. The van der Waals surface area contributed by atoms with Crippen molar-refractivity contribution in [1.29, 1.82) is 0 Å². The fraction of sp³-hybridized carbons (Fsp3) is 0.286. The van der Waals surface area contributed by atoms with Gasteiger partial charge >= 0.3 is 0 Å². The monoisotopic (exact) mass is 685 g/mol. The Bertz CT molecular complexity index is 1580. The van der Waals surface area contributed by atoms with Crippen molar-refractivity contribution in [3.63, 3.8) is 0 Å². The molecule has 0 saturated carbocycles. The number of hydrogen-bond acceptors (Lipinski definition) is 6. The lowest BCUT2D eigenvalue weighted by atomic mass is 9.91. The number of thioether (sulfide) groups is 1. The molecule has 45 heavy (non-hydrogen) atoms. The number of para-hydroxylation sites is 1. The van der Waals surface area contributed by atoms with Gasteiger partial charge in [-0.25, -0.2) is 0 Å². The van der Waals surface area contributed by atoms with Crippen molar-refractivity contribution in [2.45, 2.75) is 47.3 Å². The second-order valence-corrected chi connectivity index (χ2v) is 14.1. The molecule has 4 aromatic rings. The SMILES string of the molecule is COc1ccccc1SC[C@H]1O[C@@H](c2ccc(-c3ccccc3CNC(=O)C(Cl)(Cl)Cl)cc2)O[C@@H](c2ccc(CO)cc2)[C@H]1C. The number of benzene rings is 4. The lowest BCUT2D eigenvalue weighted by molar-refractivity contribution is -0.268. The fourth-order valence-corrected chi connectivity index (χ4v) is 6.67. The van der Waals surface area contributed by atoms with Gasteiger partial charge in [-0.1, -0.05) is 127 Å². The van der Waals surface area contributed by atoms with E-state index in [9.17, 15) is 9.90 Å². The van der Waals surface area contributed by atoms with E-state index in [2.05, 4.69) is 18.3 Å². The molecule has 5 rings (SSSR count). The zero-order chi connectivity index (χ0) is 32.0. The van der Waals surface area contributed by atoms with Crippen LogP contribution in [-0.2, 0) is 27.4 Å². The number of aliphatic hydroxyl groups is 1. The highest BCUT2D eigenvalue weighted by atomic mass is 35.6. The number of carbonyl (C=O) groups is 1. The summed E-state index contributed by atoms with van der Waals surface area (Å²) in [6.07, 6.45) is -0.940. The van der Waals surface area contributed by atoms with E-state index in [-0.39, 0.29) is 31.3 Å². The molecule has 4 atom stereocenters. The first-order chi connectivity index (χ1) is 21.7. The van der Waals surface area contributed by atoms with Crippen LogP contribution >= 0.6 is 46.6 Å². The third-order valence-electron chi connectivity index (χ3n) is 7.80. The van der Waals surface area contributed by atoms with Gasteiger partial charge in [-0.15, -0.1) is 11.8 Å². The van der Waals surface area contributed by atoms with Crippen LogP contribution in [0.15, 0.2) is 102 Å². The summed E-state index contributed by atoms with van der Waals surface area (Å²) in [5.74, 6) is 0.908. The maximum absolute atomic E-state index is 12.1. The van der Waals surface area contributed by atoms with E-state index in [4.69, 9.17) is 49.0 Å². The van der Waals surface area contributed by atoms with Crippen LogP contribution in [0.1, 0.15) is 41.6 Å². The summed E-state index contributed by atoms with van der Waals surface area (Å²) in [5.41, 5.74) is 5.55. The highest BCUT2D eigenvalue weighted by Gasteiger charge is 2.38. The topological polar surface area (TPSA) is 77.0 Å². The van der Waals surface area contributed by atoms with Gasteiger partial charge < -0.3 is 24.6 Å². The second-order valence-electron chi connectivity index (χ2n) is 10.7. The van der Waals surface area contributed by atoms with Crippen LogP contribution < -0.4 is 10.1 Å². The number of nitrogens with one attached hydrogen (secondary N) is 1. The van der Waals surface area contributed by atoms with Crippen molar-refractivity contribution in [3.8, 4) is 16.9 Å². The number of halogens is 3. The molecule has 1 aliphatic heterocycles. The third-order valence-corrected chi connectivity index (χ3v) is 9.46. The molecule has 10 heteroatoms. The summed E-state index contributed by atoms with van der Waals surface area (Å²) in [6, 6.07) is 31.6. The van der Waals surface area contributed by atoms with Crippen LogP contribution in [-0.4, -0.2) is 33.8 Å². The molecule has 1 saturated heterocycles. The van der Waals surface area contributed by atoms with Crippen molar-refractivity contribution in [2.75, 3.05) is 12.9 Å². The van der Waals surface area contributed by atoms with Crippen molar-refractivity contribution in [3.05, 3.63) is 119 Å². The van der Waals surface area contributed by atoms with Gasteiger partial charge in [0.1, 0.15) is 5.75 Å². The van der Waals surface area contributed by atoms with Crippen LogP contribution in [0.5, 0.6) is 5.75 Å². The maximum atomic E-state index is 12.1. The number of amides is 1. The van der Waals surface area contributed by atoms with E-state index in [0.717, 1.165) is 44.0 Å². The molecule has 1 aliphatic rings. The maximum Gasteiger partial charge on any atom is 0.272 e. The van der Waals surface area contributed by atoms with Crippen LogP contribution in [0.4, 0.5) is 0 Å². The van der Waals surface area contributed by atoms with E-state index >= 15 is 0 Å². The molecule has 0 unspecified atom stereocenters. The molecule has 0 radical (unpaired) electrons. The number of aliphatic hydroxyl groups excluding tert-OH is 1. The summed E-state index contributed by atoms with van der Waals surface area (Å²) in [7, 11) is 1.68. The Morgan fingerprint density at radius 1 is 0.911 bits per heavy atom. The van der Waals surface area contributed by atoms with Gasteiger partial charge in [-0.2, -0.15) is 0 Å². The molecule has 0 aliphatic carbocycles. The zero-order valence-corrected chi connectivity index (χ0v) is 27.9. The molecule has 2 N–H and O–H groups in total. The highest BCUT2D eigenvalue weighted by molar-refractivity contribution is 7.99. The van der Waals surface area contributed by atoms with Crippen molar-refractivity contribution in [1.82, 2.24) is 5.32 Å². The van der Waals surface area contributed by atoms with Gasteiger partial charge in [-0.3, -0.25) is 4.79 Å². The van der Waals surface area contributed by atoms with E-state index in [1.807, 2.05) is 91.0 Å². The number of rotatable bonds is 10. The number of methoxy groups -OCH3 is 1. The minimum Gasteiger partial charge on any atom is -0.496 e. The largest absolute Gasteiger partial charge is 0.496 e. The fourth-order valence-electron chi connectivity index (χ4n) is 5.27. The van der Waals surface area contributed by atoms with Crippen molar-refractivity contribution >= 4 is 52.5 Å². The molecule has 1 amide bonds. The van der Waals surface area contributed by atoms with Crippen LogP contribution in [0.3, 0.4) is 0 Å². The Morgan fingerprint density at radius 3 is 2.27 bits per heavy atom. The number of alkyl halides is 3. The van der Waals surface area contributed by atoms with Gasteiger partial charge in [0.15, 0.2) is 6.29 Å². The summed E-state index contributed by atoms with van der Waals surface area (Å²) >= 11 is 18.9. The molecular formula is C35H34Cl3NO5S. The molecule has 6 nitrogen and oxygen atoms in total.